The number of hydrogen-bond donors (Lipinski definition) is 1. The molecule has 1 aliphatic heterocycles. The fraction of sp³-hybridized carbons (Fsp3) is 0.121. The molecule has 0 spiro atoms. The van der Waals surface area contributed by atoms with Gasteiger partial charge < -0.3 is 9.47 Å². The quantitative estimate of drug-likeness (QED) is 0.149. The third kappa shape index (κ3) is 5.86. The lowest BCUT2D eigenvalue weighted by Crippen LogP contribution is -2.54. The third-order valence-corrected chi connectivity index (χ3v) is 6.49. The maximum atomic E-state index is 13.8. The second-order valence-corrected chi connectivity index (χ2v) is 9.34. The molecule has 5 rings (SSSR count). The van der Waals surface area contributed by atoms with Crippen LogP contribution in [0.4, 0.5) is 14.9 Å². The Labute approximate surface area is 236 Å². The Morgan fingerprint density at radius 3 is 2.49 bits per heavy atom. The molecule has 4 aromatic carbocycles. The number of barbiturate groups is 1. The summed E-state index contributed by atoms with van der Waals surface area (Å²) in [5.74, 6) is -1.39. The number of imide groups is 2. The molecule has 0 bridgehead atoms. The molecule has 41 heavy (non-hydrogen) atoms. The van der Waals surface area contributed by atoms with Gasteiger partial charge in [-0.15, -0.1) is 6.58 Å². The first-order valence-corrected chi connectivity index (χ1v) is 13.1. The van der Waals surface area contributed by atoms with Crippen LogP contribution in [0.25, 0.3) is 16.8 Å². The molecule has 1 heterocycles. The van der Waals surface area contributed by atoms with Crippen LogP contribution in [0.15, 0.2) is 97.1 Å². The van der Waals surface area contributed by atoms with Crippen molar-refractivity contribution in [3.63, 3.8) is 0 Å². The van der Waals surface area contributed by atoms with Gasteiger partial charge in [0.1, 0.15) is 18.0 Å². The average molecular weight is 551 g/mol. The number of carbonyl (C=O) groups excluding carboxylic acids is 3. The number of anilines is 1. The highest BCUT2D eigenvalue weighted by Crippen LogP contribution is 2.36. The average Bonchev–Trinajstić information content (AvgIpc) is 2.95. The zero-order valence-electron chi connectivity index (χ0n) is 22.4. The topological polar surface area (TPSA) is 84.9 Å². The Balaban J connectivity index is 1.49. The van der Waals surface area contributed by atoms with Gasteiger partial charge in [-0.2, -0.15) is 0 Å². The van der Waals surface area contributed by atoms with Gasteiger partial charge in [0.15, 0.2) is 11.5 Å². The van der Waals surface area contributed by atoms with Crippen LogP contribution in [0.5, 0.6) is 11.5 Å². The molecule has 7 nitrogen and oxygen atoms in total. The normalized spacial score (nSPS) is 14.3. The van der Waals surface area contributed by atoms with Crippen LogP contribution in [-0.4, -0.2) is 24.5 Å². The van der Waals surface area contributed by atoms with Gasteiger partial charge in [-0.05, 0) is 77.7 Å². The monoisotopic (exact) mass is 550 g/mol. The van der Waals surface area contributed by atoms with E-state index in [2.05, 4.69) is 18.0 Å². The highest BCUT2D eigenvalue weighted by molar-refractivity contribution is 6.39. The van der Waals surface area contributed by atoms with E-state index < -0.39 is 23.7 Å². The lowest BCUT2D eigenvalue weighted by atomic mass is 10.0. The molecule has 1 saturated heterocycles. The fourth-order valence-corrected chi connectivity index (χ4v) is 4.66. The van der Waals surface area contributed by atoms with Crippen LogP contribution in [0.3, 0.4) is 0 Å². The van der Waals surface area contributed by atoms with Crippen molar-refractivity contribution in [3.05, 3.63) is 120 Å². The lowest BCUT2D eigenvalue weighted by Gasteiger charge is -2.26. The minimum absolute atomic E-state index is 0.00527. The molecule has 8 heteroatoms. The summed E-state index contributed by atoms with van der Waals surface area (Å²) in [6, 6.07) is 21.7. The molecule has 0 atom stereocenters. The number of nitrogens with zero attached hydrogens (tertiary/aromatic N) is 1. The number of fused-ring (bicyclic) bond motifs is 1. The van der Waals surface area contributed by atoms with Crippen molar-refractivity contribution >= 4 is 40.4 Å². The summed E-state index contributed by atoms with van der Waals surface area (Å²) in [6.07, 6.45) is 3.52. The van der Waals surface area contributed by atoms with Crippen molar-refractivity contribution in [2.24, 2.45) is 0 Å². The Hall–Kier alpha value is -5.24. The Kier molecular flexibility index (Phi) is 7.92. The van der Waals surface area contributed by atoms with Crippen LogP contribution in [0.1, 0.15) is 23.6 Å². The van der Waals surface area contributed by atoms with Crippen molar-refractivity contribution in [2.45, 2.75) is 20.0 Å². The number of carbonyl (C=O) groups is 3. The highest BCUT2D eigenvalue weighted by atomic mass is 19.1. The third-order valence-electron chi connectivity index (χ3n) is 6.49. The molecule has 4 amide bonds. The van der Waals surface area contributed by atoms with Crippen molar-refractivity contribution in [1.82, 2.24) is 5.32 Å². The first-order chi connectivity index (χ1) is 19.9. The molecule has 0 unspecified atom stereocenters. The van der Waals surface area contributed by atoms with Gasteiger partial charge in [0, 0.05) is 5.56 Å². The zero-order chi connectivity index (χ0) is 28.9. The van der Waals surface area contributed by atoms with Gasteiger partial charge >= 0.3 is 6.03 Å². The van der Waals surface area contributed by atoms with E-state index in [9.17, 15) is 18.8 Å². The smallest absolute Gasteiger partial charge is 0.335 e. The molecule has 0 aliphatic carbocycles. The number of hydrogen-bond acceptors (Lipinski definition) is 5. The number of ether oxygens (including phenoxy) is 2. The summed E-state index contributed by atoms with van der Waals surface area (Å²) in [5, 5.41) is 4.39. The van der Waals surface area contributed by atoms with Crippen molar-refractivity contribution in [3.8, 4) is 11.5 Å². The number of nitrogens with one attached hydrogen (secondary N) is 1. The molecule has 0 radical (unpaired) electrons. The standard InChI is InChI=1S/C33H27FN2O5/c1-3-8-25-16-22(17-28-31(37)35-33(39)36(32(28)38)27-12-7-11-26(34)19-27)18-29(40-4-2)30(25)41-20-21-13-14-23-9-5-6-10-24(23)15-21/h3,5-7,9-19H,1,4,8,20H2,2H3,(H,35,37,39)/b28-17+. The van der Waals surface area contributed by atoms with Gasteiger partial charge in [0.2, 0.25) is 0 Å². The fourth-order valence-electron chi connectivity index (χ4n) is 4.66. The summed E-state index contributed by atoms with van der Waals surface area (Å²) in [7, 11) is 0. The van der Waals surface area contributed by atoms with Crippen LogP contribution in [0.2, 0.25) is 0 Å². The number of rotatable bonds is 9. The SMILES string of the molecule is C=CCc1cc(/C=C2\C(=O)NC(=O)N(c3cccc(F)c3)C2=O)cc(OCC)c1OCc1ccc2ccccc2c1. The van der Waals surface area contributed by atoms with Crippen molar-refractivity contribution in [1.29, 1.82) is 0 Å². The summed E-state index contributed by atoms with van der Waals surface area (Å²) in [4.78, 5) is 39.2. The van der Waals surface area contributed by atoms with E-state index in [1.54, 1.807) is 18.2 Å². The molecule has 0 saturated carbocycles. The van der Waals surface area contributed by atoms with Gasteiger partial charge in [0.05, 0.1) is 12.3 Å². The Morgan fingerprint density at radius 2 is 1.73 bits per heavy atom. The molecule has 1 fully saturated rings. The zero-order valence-corrected chi connectivity index (χ0v) is 22.4. The summed E-state index contributed by atoms with van der Waals surface area (Å²) in [5.41, 5.74) is 1.92. The summed E-state index contributed by atoms with van der Waals surface area (Å²) < 4.78 is 26.0. The highest BCUT2D eigenvalue weighted by Gasteiger charge is 2.37. The molecular weight excluding hydrogens is 523 g/mol. The molecule has 0 aromatic heterocycles. The Bertz CT molecular complexity index is 1710. The van der Waals surface area contributed by atoms with Crippen LogP contribution < -0.4 is 19.7 Å². The van der Waals surface area contributed by atoms with Crippen LogP contribution in [-0.2, 0) is 22.6 Å². The van der Waals surface area contributed by atoms with Gasteiger partial charge in [-0.3, -0.25) is 14.9 Å². The van der Waals surface area contributed by atoms with Crippen molar-refractivity contribution in [2.75, 3.05) is 11.5 Å². The molecule has 1 N–H and O–H groups in total. The van der Waals surface area contributed by atoms with Crippen LogP contribution in [0, 0.1) is 5.82 Å². The van der Waals surface area contributed by atoms with E-state index >= 15 is 0 Å². The predicted octanol–water partition coefficient (Wildman–Crippen LogP) is 6.35. The minimum Gasteiger partial charge on any atom is -0.490 e. The van der Waals surface area contributed by atoms with E-state index in [0.29, 0.717) is 36.7 Å². The molecule has 1 aliphatic rings. The largest absolute Gasteiger partial charge is 0.490 e. The molecule has 4 aromatic rings. The van der Waals surface area contributed by atoms with Crippen molar-refractivity contribution < 1.29 is 28.2 Å². The second-order valence-electron chi connectivity index (χ2n) is 9.34. The number of benzene rings is 4. The van der Waals surface area contributed by atoms with E-state index in [0.717, 1.165) is 32.9 Å². The predicted molar refractivity (Wildman–Crippen MR) is 155 cm³/mol. The van der Waals surface area contributed by atoms with Gasteiger partial charge in [0.25, 0.3) is 11.8 Å². The van der Waals surface area contributed by atoms with E-state index in [-0.39, 0.29) is 11.3 Å². The van der Waals surface area contributed by atoms with Gasteiger partial charge in [-0.1, -0.05) is 48.5 Å². The number of urea groups is 1. The van der Waals surface area contributed by atoms with E-state index in [1.807, 2.05) is 43.3 Å². The molecular formula is C33H27FN2O5. The maximum absolute atomic E-state index is 13.8. The molecule has 206 valence electrons. The Morgan fingerprint density at radius 1 is 0.927 bits per heavy atom. The number of amides is 4. The summed E-state index contributed by atoms with van der Waals surface area (Å²) >= 11 is 0. The van der Waals surface area contributed by atoms with E-state index in [1.165, 1.54) is 24.3 Å². The first-order valence-electron chi connectivity index (χ1n) is 13.1. The van der Waals surface area contributed by atoms with Crippen LogP contribution >= 0.6 is 0 Å². The maximum Gasteiger partial charge on any atom is 0.335 e. The lowest BCUT2D eigenvalue weighted by molar-refractivity contribution is -0.122. The first kappa shape index (κ1) is 27.3. The second kappa shape index (κ2) is 11.9. The number of allylic oxidation sites excluding steroid dienone is 1. The van der Waals surface area contributed by atoms with E-state index in [4.69, 9.17) is 9.47 Å². The minimum atomic E-state index is -0.956. The van der Waals surface area contributed by atoms with Gasteiger partial charge in [-0.25, -0.2) is 14.1 Å². The summed E-state index contributed by atoms with van der Waals surface area (Å²) in [6.45, 7) is 6.33. The number of halogens is 1.